The summed E-state index contributed by atoms with van der Waals surface area (Å²) in [6.45, 7) is 0. The first-order valence-electron chi connectivity index (χ1n) is 6.22. The number of rotatable bonds is 3. The van der Waals surface area contributed by atoms with Crippen molar-refractivity contribution in [3.63, 3.8) is 0 Å². The number of nitrogens with one attached hydrogen (secondary N) is 1. The predicted octanol–water partition coefficient (Wildman–Crippen LogP) is 2.17. The molecule has 0 fully saturated rings. The number of anilines is 1. The number of halogens is 1. The average Bonchev–Trinajstić information content (AvgIpc) is 2.47. The Morgan fingerprint density at radius 2 is 1.86 bits per heavy atom. The lowest BCUT2D eigenvalue weighted by Gasteiger charge is -2.14. The van der Waals surface area contributed by atoms with Crippen LogP contribution in [0.3, 0.4) is 0 Å². The number of nitrogens with zero attached hydrogens (tertiary/aromatic N) is 2. The number of amides is 2. The highest BCUT2D eigenvalue weighted by Crippen LogP contribution is 2.18. The van der Waals surface area contributed by atoms with Gasteiger partial charge in [-0.2, -0.15) is 0 Å². The van der Waals surface area contributed by atoms with Gasteiger partial charge in [0.1, 0.15) is 0 Å². The zero-order valence-corrected chi connectivity index (χ0v) is 11.6. The molecule has 0 saturated heterocycles. The van der Waals surface area contributed by atoms with Crippen molar-refractivity contribution in [1.82, 2.24) is 9.88 Å². The Balaban J connectivity index is 2.30. The molecule has 108 valence electrons. The van der Waals surface area contributed by atoms with E-state index in [1.54, 1.807) is 38.4 Å². The fraction of sp³-hybridized carbons (Fsp3) is 0.133. The molecular formula is C15H14FN3O2. The van der Waals surface area contributed by atoms with E-state index < -0.39 is 11.7 Å². The highest BCUT2D eigenvalue weighted by atomic mass is 19.1. The number of para-hydroxylation sites is 1. The molecule has 0 bridgehead atoms. The predicted molar refractivity (Wildman–Crippen MR) is 76.6 cm³/mol. The van der Waals surface area contributed by atoms with E-state index in [-0.39, 0.29) is 11.5 Å². The molecule has 5 nitrogen and oxygen atoms in total. The number of aromatic nitrogens is 1. The van der Waals surface area contributed by atoms with Gasteiger partial charge in [-0.05, 0) is 18.2 Å². The quantitative estimate of drug-likeness (QED) is 0.941. The molecule has 2 aromatic rings. The minimum atomic E-state index is -0.716. The van der Waals surface area contributed by atoms with Gasteiger partial charge < -0.3 is 10.2 Å². The summed E-state index contributed by atoms with van der Waals surface area (Å²) in [5.41, 5.74) is 0.542. The van der Waals surface area contributed by atoms with E-state index in [2.05, 4.69) is 10.3 Å². The maximum Gasteiger partial charge on any atom is 0.258 e. The summed E-state index contributed by atoms with van der Waals surface area (Å²) in [5, 5.41) is 2.55. The molecule has 2 amide bonds. The molecule has 0 aliphatic rings. The van der Waals surface area contributed by atoms with E-state index in [0.717, 1.165) is 6.20 Å². The Hall–Kier alpha value is -2.76. The van der Waals surface area contributed by atoms with Crippen LogP contribution in [-0.2, 0) is 0 Å². The van der Waals surface area contributed by atoms with Crippen LogP contribution in [-0.4, -0.2) is 35.8 Å². The molecule has 1 aromatic carbocycles. The Kier molecular flexibility index (Phi) is 4.27. The van der Waals surface area contributed by atoms with Crippen LogP contribution in [0.5, 0.6) is 0 Å². The van der Waals surface area contributed by atoms with Crippen LogP contribution in [0.1, 0.15) is 20.7 Å². The topological polar surface area (TPSA) is 62.3 Å². The Morgan fingerprint density at radius 3 is 2.52 bits per heavy atom. The number of hydrogen-bond donors (Lipinski definition) is 1. The molecule has 0 aliphatic heterocycles. The van der Waals surface area contributed by atoms with Crippen molar-refractivity contribution < 1.29 is 14.0 Å². The highest BCUT2D eigenvalue weighted by Gasteiger charge is 2.17. The molecule has 0 unspecified atom stereocenters. The molecular weight excluding hydrogens is 273 g/mol. The van der Waals surface area contributed by atoms with Gasteiger partial charge in [0.15, 0.2) is 5.82 Å². The Labute approximate surface area is 121 Å². The third kappa shape index (κ3) is 3.22. The first-order valence-corrected chi connectivity index (χ1v) is 6.22. The minimum absolute atomic E-state index is 0.128. The van der Waals surface area contributed by atoms with Crippen LogP contribution in [0.2, 0.25) is 0 Å². The van der Waals surface area contributed by atoms with Gasteiger partial charge in [-0.1, -0.05) is 12.1 Å². The SMILES string of the molecule is CN(C)C(=O)c1ccccc1NC(=O)c1ccncc1F. The zero-order chi connectivity index (χ0) is 15.4. The van der Waals surface area contributed by atoms with E-state index in [0.29, 0.717) is 11.3 Å². The van der Waals surface area contributed by atoms with Gasteiger partial charge in [-0.3, -0.25) is 14.6 Å². The maximum absolute atomic E-state index is 13.5. The van der Waals surface area contributed by atoms with Crippen LogP contribution in [0.25, 0.3) is 0 Å². The van der Waals surface area contributed by atoms with Crippen molar-refractivity contribution in [3.8, 4) is 0 Å². The van der Waals surface area contributed by atoms with Crippen molar-refractivity contribution >= 4 is 17.5 Å². The monoisotopic (exact) mass is 287 g/mol. The summed E-state index contributed by atoms with van der Waals surface area (Å²) in [5.74, 6) is -1.60. The van der Waals surface area contributed by atoms with E-state index in [1.165, 1.54) is 17.2 Å². The van der Waals surface area contributed by atoms with Gasteiger partial charge in [0.2, 0.25) is 0 Å². The summed E-state index contributed by atoms with van der Waals surface area (Å²) in [6.07, 6.45) is 2.29. The molecule has 0 saturated carbocycles. The Morgan fingerprint density at radius 1 is 1.14 bits per heavy atom. The molecule has 1 N–H and O–H groups in total. The zero-order valence-electron chi connectivity index (χ0n) is 11.6. The third-order valence-corrected chi connectivity index (χ3v) is 2.83. The molecule has 21 heavy (non-hydrogen) atoms. The maximum atomic E-state index is 13.5. The van der Waals surface area contributed by atoms with Crippen molar-refractivity contribution in [3.05, 3.63) is 59.7 Å². The molecule has 2 rings (SSSR count). The largest absolute Gasteiger partial charge is 0.345 e. The van der Waals surface area contributed by atoms with Crippen molar-refractivity contribution in [2.75, 3.05) is 19.4 Å². The first-order chi connectivity index (χ1) is 10.0. The summed E-state index contributed by atoms with van der Waals surface area (Å²) >= 11 is 0. The van der Waals surface area contributed by atoms with Gasteiger partial charge in [0, 0.05) is 20.3 Å². The lowest BCUT2D eigenvalue weighted by molar-refractivity contribution is 0.0828. The van der Waals surface area contributed by atoms with E-state index in [9.17, 15) is 14.0 Å². The van der Waals surface area contributed by atoms with Crippen LogP contribution in [0.15, 0.2) is 42.7 Å². The number of pyridine rings is 1. The number of carbonyl (C=O) groups excluding carboxylic acids is 2. The standard InChI is InChI=1S/C15H14FN3O2/c1-19(2)15(21)11-5-3-4-6-13(11)18-14(20)10-7-8-17-9-12(10)16/h3-9H,1-2H3,(H,18,20). The van der Waals surface area contributed by atoms with Gasteiger partial charge in [-0.15, -0.1) is 0 Å². The summed E-state index contributed by atoms with van der Waals surface area (Å²) in [7, 11) is 3.23. The van der Waals surface area contributed by atoms with Gasteiger partial charge in [0.25, 0.3) is 11.8 Å². The minimum Gasteiger partial charge on any atom is -0.345 e. The van der Waals surface area contributed by atoms with Crippen LogP contribution >= 0.6 is 0 Å². The normalized spacial score (nSPS) is 10.0. The summed E-state index contributed by atoms with van der Waals surface area (Å²) in [6, 6.07) is 7.85. The van der Waals surface area contributed by atoms with Crippen molar-refractivity contribution in [2.45, 2.75) is 0 Å². The summed E-state index contributed by atoms with van der Waals surface area (Å²) < 4.78 is 13.5. The number of hydrogen-bond acceptors (Lipinski definition) is 3. The molecule has 0 aliphatic carbocycles. The second-order valence-corrected chi connectivity index (χ2v) is 4.55. The fourth-order valence-electron chi connectivity index (χ4n) is 1.77. The molecule has 1 heterocycles. The molecule has 0 atom stereocenters. The third-order valence-electron chi connectivity index (χ3n) is 2.83. The highest BCUT2D eigenvalue weighted by molar-refractivity contribution is 6.08. The second-order valence-electron chi connectivity index (χ2n) is 4.55. The van der Waals surface area contributed by atoms with E-state index in [4.69, 9.17) is 0 Å². The van der Waals surface area contributed by atoms with Gasteiger partial charge in [0.05, 0.1) is 23.0 Å². The van der Waals surface area contributed by atoms with E-state index in [1.807, 2.05) is 0 Å². The lowest BCUT2D eigenvalue weighted by Crippen LogP contribution is -2.24. The Bertz CT molecular complexity index is 686. The fourth-order valence-corrected chi connectivity index (χ4v) is 1.77. The van der Waals surface area contributed by atoms with Crippen molar-refractivity contribution in [2.24, 2.45) is 0 Å². The number of carbonyl (C=O) groups is 2. The smallest absolute Gasteiger partial charge is 0.258 e. The van der Waals surface area contributed by atoms with Gasteiger partial charge in [-0.25, -0.2) is 4.39 Å². The average molecular weight is 287 g/mol. The van der Waals surface area contributed by atoms with Crippen molar-refractivity contribution in [1.29, 1.82) is 0 Å². The van der Waals surface area contributed by atoms with E-state index >= 15 is 0 Å². The molecule has 6 heteroatoms. The molecule has 0 radical (unpaired) electrons. The first kappa shape index (κ1) is 14.6. The lowest BCUT2D eigenvalue weighted by atomic mass is 10.1. The van der Waals surface area contributed by atoms with Crippen LogP contribution in [0, 0.1) is 5.82 Å². The summed E-state index contributed by atoms with van der Waals surface area (Å²) in [4.78, 5) is 29.1. The van der Waals surface area contributed by atoms with Gasteiger partial charge >= 0.3 is 0 Å². The van der Waals surface area contributed by atoms with Crippen LogP contribution in [0.4, 0.5) is 10.1 Å². The second kappa shape index (κ2) is 6.13. The molecule has 0 spiro atoms. The van der Waals surface area contributed by atoms with Crippen LogP contribution < -0.4 is 5.32 Å². The number of benzene rings is 1. The molecule has 1 aromatic heterocycles.